The summed E-state index contributed by atoms with van der Waals surface area (Å²) < 4.78 is 4.96. The number of rotatable bonds is 4. The second kappa shape index (κ2) is 8.03. The van der Waals surface area contributed by atoms with Crippen LogP contribution in [0.25, 0.3) is 0 Å². The van der Waals surface area contributed by atoms with E-state index in [9.17, 15) is 14.4 Å². The lowest BCUT2D eigenvalue weighted by Gasteiger charge is -2.39. The first-order chi connectivity index (χ1) is 13.0. The summed E-state index contributed by atoms with van der Waals surface area (Å²) in [6, 6.07) is 10.3. The molecule has 1 aromatic heterocycles. The molecule has 2 aromatic rings. The Hall–Kier alpha value is -3.16. The Kier molecular flexibility index (Phi) is 5.54. The van der Waals surface area contributed by atoms with E-state index >= 15 is 0 Å². The number of aryl methyl sites for hydroxylation is 1. The van der Waals surface area contributed by atoms with E-state index in [1.165, 1.54) is 16.7 Å². The number of nitrogens with one attached hydrogen (secondary N) is 1. The third-order valence-electron chi connectivity index (χ3n) is 4.53. The van der Waals surface area contributed by atoms with Crippen molar-refractivity contribution in [2.24, 2.45) is 0 Å². The zero-order chi connectivity index (χ0) is 19.4. The van der Waals surface area contributed by atoms with Crippen LogP contribution in [-0.4, -0.2) is 58.4 Å². The van der Waals surface area contributed by atoms with Crippen LogP contribution in [-0.2, 0) is 16.1 Å². The van der Waals surface area contributed by atoms with Crippen LogP contribution in [0.4, 0.5) is 0 Å². The fraction of sp³-hybridized carbons (Fsp3) is 0.368. The molecule has 1 N–H and O–H groups in total. The van der Waals surface area contributed by atoms with Gasteiger partial charge in [-0.2, -0.15) is 0 Å². The van der Waals surface area contributed by atoms with E-state index in [0.717, 1.165) is 5.56 Å². The van der Waals surface area contributed by atoms with Crippen LogP contribution in [0.3, 0.4) is 0 Å². The molecule has 142 valence electrons. The zero-order valence-electron chi connectivity index (χ0n) is 15.3. The van der Waals surface area contributed by atoms with E-state index in [4.69, 9.17) is 4.52 Å². The summed E-state index contributed by atoms with van der Waals surface area (Å²) >= 11 is 0. The highest BCUT2D eigenvalue weighted by Gasteiger charge is 2.36. The lowest BCUT2D eigenvalue weighted by atomic mass is 10.1. The largest absolute Gasteiger partial charge is 0.361 e. The number of nitrogens with zero attached hydrogens (tertiary/aromatic N) is 3. The molecule has 1 unspecified atom stereocenters. The predicted molar refractivity (Wildman–Crippen MR) is 96.6 cm³/mol. The Morgan fingerprint density at radius 1 is 1.22 bits per heavy atom. The molecule has 8 heteroatoms. The Labute approximate surface area is 157 Å². The van der Waals surface area contributed by atoms with Gasteiger partial charge in [-0.05, 0) is 12.5 Å². The summed E-state index contributed by atoms with van der Waals surface area (Å²) in [4.78, 5) is 40.3. The van der Waals surface area contributed by atoms with E-state index in [-0.39, 0.29) is 30.0 Å². The molecule has 1 aliphatic rings. The molecule has 1 aliphatic heterocycles. The smallest absolute Gasteiger partial charge is 0.276 e. The SMILES string of the molecule is CC(=O)N1CCN(C(=O)c2cc(C)on2)CC1C(=O)NCc1ccccc1. The fourth-order valence-corrected chi connectivity index (χ4v) is 3.10. The molecular weight excluding hydrogens is 348 g/mol. The van der Waals surface area contributed by atoms with Crippen molar-refractivity contribution >= 4 is 17.7 Å². The summed E-state index contributed by atoms with van der Waals surface area (Å²) in [6.07, 6.45) is 0. The monoisotopic (exact) mass is 370 g/mol. The van der Waals surface area contributed by atoms with Gasteiger partial charge in [0.1, 0.15) is 11.8 Å². The van der Waals surface area contributed by atoms with Crippen LogP contribution < -0.4 is 5.32 Å². The molecule has 2 heterocycles. The summed E-state index contributed by atoms with van der Waals surface area (Å²) in [6.45, 7) is 4.24. The van der Waals surface area contributed by atoms with Crippen LogP contribution in [0.1, 0.15) is 28.7 Å². The topological polar surface area (TPSA) is 95.8 Å². The fourth-order valence-electron chi connectivity index (χ4n) is 3.10. The van der Waals surface area contributed by atoms with Crippen molar-refractivity contribution in [2.45, 2.75) is 26.4 Å². The minimum absolute atomic E-state index is 0.116. The normalized spacial score (nSPS) is 16.9. The highest BCUT2D eigenvalue weighted by atomic mass is 16.5. The molecule has 1 fully saturated rings. The maximum absolute atomic E-state index is 12.7. The van der Waals surface area contributed by atoms with Crippen molar-refractivity contribution in [1.82, 2.24) is 20.3 Å². The van der Waals surface area contributed by atoms with E-state index in [2.05, 4.69) is 10.5 Å². The number of benzene rings is 1. The quantitative estimate of drug-likeness (QED) is 0.865. The van der Waals surface area contributed by atoms with Gasteiger partial charge in [0.2, 0.25) is 11.8 Å². The van der Waals surface area contributed by atoms with Crippen molar-refractivity contribution in [1.29, 1.82) is 0 Å². The summed E-state index contributed by atoms with van der Waals surface area (Å²) in [5.74, 6) is -0.254. The van der Waals surface area contributed by atoms with E-state index in [0.29, 0.717) is 25.4 Å². The number of carbonyl (C=O) groups is 3. The van der Waals surface area contributed by atoms with E-state index in [1.54, 1.807) is 13.0 Å². The molecule has 3 rings (SSSR count). The van der Waals surface area contributed by atoms with Crippen LogP contribution in [0.15, 0.2) is 40.9 Å². The van der Waals surface area contributed by atoms with Gasteiger partial charge >= 0.3 is 0 Å². The maximum atomic E-state index is 12.7. The third-order valence-corrected chi connectivity index (χ3v) is 4.53. The second-order valence-corrected chi connectivity index (χ2v) is 6.51. The number of aromatic nitrogens is 1. The van der Waals surface area contributed by atoms with Gasteiger partial charge in [-0.3, -0.25) is 14.4 Å². The van der Waals surface area contributed by atoms with Crippen molar-refractivity contribution < 1.29 is 18.9 Å². The molecule has 0 bridgehead atoms. The standard InChI is InChI=1S/C19H22N4O4/c1-13-10-16(21-27-13)19(26)22-8-9-23(14(2)24)17(12-22)18(25)20-11-15-6-4-3-5-7-15/h3-7,10,17H,8-9,11-12H2,1-2H3,(H,20,25). The molecule has 0 radical (unpaired) electrons. The van der Waals surface area contributed by atoms with Gasteiger partial charge in [-0.15, -0.1) is 0 Å². The Morgan fingerprint density at radius 2 is 1.96 bits per heavy atom. The first-order valence-corrected chi connectivity index (χ1v) is 8.77. The van der Waals surface area contributed by atoms with E-state index < -0.39 is 6.04 Å². The maximum Gasteiger partial charge on any atom is 0.276 e. The molecular formula is C19H22N4O4. The van der Waals surface area contributed by atoms with Crippen molar-refractivity contribution in [3.05, 3.63) is 53.4 Å². The first-order valence-electron chi connectivity index (χ1n) is 8.77. The lowest BCUT2D eigenvalue weighted by Crippen LogP contribution is -2.61. The Morgan fingerprint density at radius 3 is 2.59 bits per heavy atom. The predicted octanol–water partition coefficient (Wildman–Crippen LogP) is 0.972. The molecule has 27 heavy (non-hydrogen) atoms. The van der Waals surface area contributed by atoms with Gasteiger partial charge in [-0.25, -0.2) is 0 Å². The molecule has 0 saturated carbocycles. The minimum atomic E-state index is -0.739. The van der Waals surface area contributed by atoms with Crippen LogP contribution in [0.2, 0.25) is 0 Å². The molecule has 1 atom stereocenters. The van der Waals surface area contributed by atoms with Gasteiger partial charge in [-0.1, -0.05) is 35.5 Å². The molecule has 0 aliphatic carbocycles. The molecule has 0 spiro atoms. The van der Waals surface area contributed by atoms with Crippen LogP contribution in [0, 0.1) is 6.92 Å². The number of amides is 3. The zero-order valence-corrected chi connectivity index (χ0v) is 15.3. The number of carbonyl (C=O) groups excluding carboxylic acids is 3. The lowest BCUT2D eigenvalue weighted by molar-refractivity contribution is -0.141. The van der Waals surface area contributed by atoms with Gasteiger partial charge in [0, 0.05) is 32.6 Å². The summed E-state index contributed by atoms with van der Waals surface area (Å²) in [7, 11) is 0. The number of hydrogen-bond donors (Lipinski definition) is 1. The Balaban J connectivity index is 1.69. The average molecular weight is 370 g/mol. The second-order valence-electron chi connectivity index (χ2n) is 6.51. The molecule has 1 aromatic carbocycles. The van der Waals surface area contributed by atoms with Crippen LogP contribution >= 0.6 is 0 Å². The number of piperazine rings is 1. The third kappa shape index (κ3) is 4.33. The van der Waals surface area contributed by atoms with Gasteiger partial charge in [0.05, 0.1) is 6.54 Å². The summed E-state index contributed by atoms with van der Waals surface area (Å²) in [5.41, 5.74) is 1.16. The van der Waals surface area contributed by atoms with Crippen molar-refractivity contribution in [3.63, 3.8) is 0 Å². The van der Waals surface area contributed by atoms with Crippen LogP contribution in [0.5, 0.6) is 0 Å². The number of hydrogen-bond acceptors (Lipinski definition) is 5. The summed E-state index contributed by atoms with van der Waals surface area (Å²) in [5, 5.41) is 6.60. The minimum Gasteiger partial charge on any atom is -0.361 e. The first kappa shape index (κ1) is 18.6. The molecule has 8 nitrogen and oxygen atoms in total. The highest BCUT2D eigenvalue weighted by molar-refractivity contribution is 5.94. The Bertz CT molecular complexity index is 833. The highest BCUT2D eigenvalue weighted by Crippen LogP contribution is 2.15. The van der Waals surface area contributed by atoms with Gasteiger partial charge < -0.3 is 19.6 Å². The van der Waals surface area contributed by atoms with Crippen molar-refractivity contribution in [2.75, 3.05) is 19.6 Å². The van der Waals surface area contributed by atoms with Gasteiger partial charge in [0.15, 0.2) is 5.69 Å². The van der Waals surface area contributed by atoms with E-state index in [1.807, 2.05) is 30.3 Å². The van der Waals surface area contributed by atoms with Gasteiger partial charge in [0.25, 0.3) is 5.91 Å². The van der Waals surface area contributed by atoms with Crippen molar-refractivity contribution in [3.8, 4) is 0 Å². The average Bonchev–Trinajstić information content (AvgIpc) is 3.12. The molecule has 1 saturated heterocycles. The molecule has 3 amide bonds.